The Morgan fingerprint density at radius 3 is 2.13 bits per heavy atom. The molecule has 0 aliphatic rings. The van der Waals surface area contributed by atoms with Gasteiger partial charge in [-0.1, -0.05) is 13.8 Å². The van der Waals surface area contributed by atoms with Crippen LogP contribution in [-0.4, -0.2) is 34.9 Å². The van der Waals surface area contributed by atoms with Gasteiger partial charge in [-0.15, -0.1) is 0 Å². The van der Waals surface area contributed by atoms with Gasteiger partial charge in [-0.2, -0.15) is 0 Å². The largest absolute Gasteiger partial charge is 0.481 e. The predicted molar refractivity (Wildman–Crippen MR) is 53.2 cm³/mol. The van der Waals surface area contributed by atoms with E-state index in [4.69, 9.17) is 5.11 Å². The van der Waals surface area contributed by atoms with Gasteiger partial charge in [-0.3, -0.25) is 9.59 Å². The molecule has 0 aliphatic heterocycles. The molecule has 5 nitrogen and oxygen atoms in total. The van der Waals surface area contributed by atoms with Crippen LogP contribution >= 0.6 is 0 Å². The molecule has 0 heterocycles. The zero-order valence-electron chi connectivity index (χ0n) is 9.48. The van der Waals surface area contributed by atoms with Crippen LogP contribution in [0.1, 0.15) is 27.2 Å². The Kier molecular flexibility index (Phi) is 4.74. The fourth-order valence-corrected chi connectivity index (χ4v) is 1.06. The quantitative estimate of drug-likeness (QED) is 0.523. The molecule has 0 aromatic rings. The van der Waals surface area contributed by atoms with Crippen LogP contribution in [0, 0.1) is 11.8 Å². The van der Waals surface area contributed by atoms with Gasteiger partial charge in [0.1, 0.15) is 0 Å². The van der Waals surface area contributed by atoms with E-state index in [1.807, 2.05) is 0 Å². The van der Waals surface area contributed by atoms with E-state index in [0.717, 1.165) is 7.11 Å². The van der Waals surface area contributed by atoms with Crippen molar-refractivity contribution in [2.45, 2.75) is 32.8 Å². The van der Waals surface area contributed by atoms with Gasteiger partial charge in [0.2, 0.25) is 0 Å². The van der Waals surface area contributed by atoms with Gasteiger partial charge in [-0.05, 0) is 12.8 Å². The molecule has 0 saturated heterocycles. The SMILES string of the molecule is COC(=O)C(CC(C)(O)C(C)C)C(=O)O. The maximum absolute atomic E-state index is 11.1. The molecule has 0 rings (SSSR count). The molecule has 0 aromatic carbocycles. The molecule has 0 spiro atoms. The highest BCUT2D eigenvalue weighted by Gasteiger charge is 2.37. The first-order valence-corrected chi connectivity index (χ1v) is 4.75. The second kappa shape index (κ2) is 5.11. The first-order valence-electron chi connectivity index (χ1n) is 4.75. The number of esters is 1. The summed E-state index contributed by atoms with van der Waals surface area (Å²) in [7, 11) is 1.13. The Hall–Kier alpha value is -1.10. The van der Waals surface area contributed by atoms with E-state index < -0.39 is 23.5 Å². The Morgan fingerprint density at radius 2 is 1.87 bits per heavy atom. The summed E-state index contributed by atoms with van der Waals surface area (Å²) in [6.45, 7) is 5.03. The monoisotopic (exact) mass is 218 g/mol. The molecule has 0 radical (unpaired) electrons. The fourth-order valence-electron chi connectivity index (χ4n) is 1.06. The molecular formula is C10H18O5. The Balaban J connectivity index is 4.70. The average Bonchev–Trinajstić information content (AvgIpc) is 2.12. The van der Waals surface area contributed by atoms with Crippen molar-refractivity contribution in [3.05, 3.63) is 0 Å². The molecule has 2 atom stereocenters. The summed E-state index contributed by atoms with van der Waals surface area (Å²) < 4.78 is 4.37. The van der Waals surface area contributed by atoms with Crippen LogP contribution in [0.15, 0.2) is 0 Å². The zero-order chi connectivity index (χ0) is 12.2. The standard InChI is InChI=1S/C10H18O5/c1-6(2)10(3,14)5-7(8(11)12)9(13)15-4/h6-7,14H,5H2,1-4H3,(H,11,12). The number of carbonyl (C=O) groups is 2. The molecule has 0 bridgehead atoms. The lowest BCUT2D eigenvalue weighted by Crippen LogP contribution is -2.39. The van der Waals surface area contributed by atoms with Gasteiger partial charge in [-0.25, -0.2) is 0 Å². The summed E-state index contributed by atoms with van der Waals surface area (Å²) in [6, 6.07) is 0. The van der Waals surface area contributed by atoms with Crippen LogP contribution in [0.5, 0.6) is 0 Å². The minimum absolute atomic E-state index is 0.135. The number of carboxylic acids is 1. The van der Waals surface area contributed by atoms with Gasteiger partial charge < -0.3 is 14.9 Å². The second-order valence-electron chi connectivity index (χ2n) is 4.13. The maximum atomic E-state index is 11.1. The molecule has 0 aliphatic carbocycles. The van der Waals surface area contributed by atoms with Gasteiger partial charge in [0.15, 0.2) is 5.92 Å². The molecular weight excluding hydrogens is 200 g/mol. The molecule has 15 heavy (non-hydrogen) atoms. The van der Waals surface area contributed by atoms with E-state index >= 15 is 0 Å². The van der Waals surface area contributed by atoms with Crippen molar-refractivity contribution in [3.8, 4) is 0 Å². The minimum Gasteiger partial charge on any atom is -0.481 e. The number of aliphatic hydroxyl groups is 1. The van der Waals surface area contributed by atoms with E-state index in [-0.39, 0.29) is 12.3 Å². The number of carbonyl (C=O) groups excluding carboxylic acids is 1. The van der Waals surface area contributed by atoms with Crippen molar-refractivity contribution in [2.24, 2.45) is 11.8 Å². The zero-order valence-corrected chi connectivity index (χ0v) is 9.48. The summed E-state index contributed by atoms with van der Waals surface area (Å²) in [5, 5.41) is 18.7. The van der Waals surface area contributed by atoms with E-state index in [9.17, 15) is 14.7 Å². The van der Waals surface area contributed by atoms with Crippen molar-refractivity contribution in [3.63, 3.8) is 0 Å². The smallest absolute Gasteiger partial charge is 0.320 e. The molecule has 0 saturated carbocycles. The highest BCUT2D eigenvalue weighted by atomic mass is 16.5. The summed E-state index contributed by atoms with van der Waals surface area (Å²) in [5.41, 5.74) is -1.20. The number of hydrogen-bond donors (Lipinski definition) is 2. The molecule has 0 fully saturated rings. The number of ether oxygens (including phenoxy) is 1. The molecule has 0 aromatic heterocycles. The number of rotatable bonds is 5. The number of hydrogen-bond acceptors (Lipinski definition) is 4. The van der Waals surface area contributed by atoms with E-state index in [1.165, 1.54) is 6.92 Å². The highest BCUT2D eigenvalue weighted by Crippen LogP contribution is 2.25. The maximum Gasteiger partial charge on any atom is 0.320 e. The van der Waals surface area contributed by atoms with Crippen LogP contribution in [0.3, 0.4) is 0 Å². The average molecular weight is 218 g/mol. The lowest BCUT2D eigenvalue weighted by molar-refractivity contribution is -0.160. The minimum atomic E-state index is -1.31. The molecule has 88 valence electrons. The Morgan fingerprint density at radius 1 is 1.40 bits per heavy atom. The third-order valence-corrected chi connectivity index (χ3v) is 2.64. The molecule has 5 heteroatoms. The Bertz CT molecular complexity index is 244. The van der Waals surface area contributed by atoms with Crippen molar-refractivity contribution in [1.29, 1.82) is 0 Å². The normalized spacial score (nSPS) is 16.9. The van der Waals surface area contributed by atoms with Gasteiger partial charge in [0.25, 0.3) is 0 Å². The third kappa shape index (κ3) is 3.87. The van der Waals surface area contributed by atoms with Crippen molar-refractivity contribution < 1.29 is 24.5 Å². The first kappa shape index (κ1) is 13.9. The van der Waals surface area contributed by atoms with Crippen LogP contribution in [0.4, 0.5) is 0 Å². The van der Waals surface area contributed by atoms with Gasteiger partial charge in [0, 0.05) is 6.42 Å². The van der Waals surface area contributed by atoms with E-state index in [1.54, 1.807) is 13.8 Å². The third-order valence-electron chi connectivity index (χ3n) is 2.64. The highest BCUT2D eigenvalue weighted by molar-refractivity contribution is 5.93. The lowest BCUT2D eigenvalue weighted by atomic mass is 9.83. The van der Waals surface area contributed by atoms with Crippen LogP contribution in [0.2, 0.25) is 0 Å². The summed E-state index contributed by atoms with van der Waals surface area (Å²) in [6.07, 6.45) is -0.146. The van der Waals surface area contributed by atoms with Gasteiger partial charge in [0.05, 0.1) is 12.7 Å². The first-order chi connectivity index (χ1) is 6.72. The number of carboxylic acid groups (broad SMARTS) is 1. The second-order valence-corrected chi connectivity index (χ2v) is 4.13. The van der Waals surface area contributed by atoms with Crippen LogP contribution < -0.4 is 0 Å². The lowest BCUT2D eigenvalue weighted by Gasteiger charge is -2.29. The van der Waals surface area contributed by atoms with Crippen molar-refractivity contribution >= 4 is 11.9 Å². The fraction of sp³-hybridized carbons (Fsp3) is 0.800. The predicted octanol–water partition coefficient (Wildman–Crippen LogP) is 0.657. The van der Waals surface area contributed by atoms with Crippen LogP contribution in [0.25, 0.3) is 0 Å². The van der Waals surface area contributed by atoms with Gasteiger partial charge >= 0.3 is 11.9 Å². The molecule has 0 amide bonds. The van der Waals surface area contributed by atoms with E-state index in [2.05, 4.69) is 4.74 Å². The number of aliphatic carboxylic acids is 1. The van der Waals surface area contributed by atoms with Crippen molar-refractivity contribution in [1.82, 2.24) is 0 Å². The molecule has 2 unspecified atom stereocenters. The summed E-state index contributed by atoms with van der Waals surface area (Å²) >= 11 is 0. The number of methoxy groups -OCH3 is 1. The topological polar surface area (TPSA) is 83.8 Å². The van der Waals surface area contributed by atoms with E-state index in [0.29, 0.717) is 0 Å². The Labute approximate surface area is 89.0 Å². The summed E-state index contributed by atoms with van der Waals surface area (Å²) in [5.74, 6) is -3.55. The van der Waals surface area contributed by atoms with Crippen molar-refractivity contribution in [2.75, 3.05) is 7.11 Å². The summed E-state index contributed by atoms with van der Waals surface area (Å²) in [4.78, 5) is 21.9. The molecule has 2 N–H and O–H groups in total. The van der Waals surface area contributed by atoms with Crippen LogP contribution in [-0.2, 0) is 14.3 Å².